The number of carbonyl (C=O) groups is 4. The third kappa shape index (κ3) is 10.6. The number of rotatable bonds is 9. The lowest BCUT2D eigenvalue weighted by atomic mass is 9.64. The Morgan fingerprint density at radius 1 is 0.541 bits per heavy atom. The summed E-state index contributed by atoms with van der Waals surface area (Å²) in [6, 6.07) is 28.6. The van der Waals surface area contributed by atoms with Gasteiger partial charge in [-0.3, -0.25) is 14.4 Å². The number of nitrogens with two attached hydrogens (primary N) is 1. The van der Waals surface area contributed by atoms with Crippen LogP contribution in [0, 0.1) is 23.3 Å². The van der Waals surface area contributed by atoms with Crippen molar-refractivity contribution in [3.63, 3.8) is 0 Å². The number of nitrogens with zero attached hydrogens (tertiary/aromatic N) is 2. The Hall–Kier alpha value is -7.42. The minimum absolute atomic E-state index is 0.0278. The van der Waals surface area contributed by atoms with Crippen LogP contribution < -0.4 is 21.7 Å². The molecule has 4 aromatic carbocycles. The number of halogens is 4. The molecule has 6 N–H and O–H groups in total. The SMILES string of the molecule is Nc1ccc(C2(C(=O)Nc3ccc(F)cc3)CCC2)cn1.O=C(Nc1ccc(C2(C(=O)Nc3ccc(F)cc3)CCC2)cn1)c1cccc(F)c1.O=C(O)c1cccc(F)c1. The van der Waals surface area contributed by atoms with Crippen molar-refractivity contribution in [2.75, 3.05) is 21.7 Å². The van der Waals surface area contributed by atoms with Gasteiger partial charge in [-0.25, -0.2) is 32.3 Å². The van der Waals surface area contributed by atoms with E-state index in [2.05, 4.69) is 25.9 Å². The second-order valence-corrected chi connectivity index (χ2v) is 14.5. The predicted octanol–water partition coefficient (Wildman–Crippen LogP) is 9.06. The van der Waals surface area contributed by atoms with Gasteiger partial charge in [-0.1, -0.05) is 37.1 Å². The van der Waals surface area contributed by atoms with Crippen molar-refractivity contribution in [3.8, 4) is 0 Å². The third-order valence-corrected chi connectivity index (χ3v) is 10.5. The molecule has 15 heteroatoms. The van der Waals surface area contributed by atoms with Crippen LogP contribution in [0.4, 0.5) is 40.6 Å². The highest BCUT2D eigenvalue weighted by molar-refractivity contribution is 6.04. The van der Waals surface area contributed by atoms with Gasteiger partial charge in [0.25, 0.3) is 5.91 Å². The van der Waals surface area contributed by atoms with Gasteiger partial charge in [-0.15, -0.1) is 0 Å². The molecule has 6 aromatic rings. The summed E-state index contributed by atoms with van der Waals surface area (Å²) in [5, 5.41) is 16.7. The van der Waals surface area contributed by atoms with Crippen molar-refractivity contribution in [3.05, 3.63) is 179 Å². The van der Waals surface area contributed by atoms with E-state index in [1.165, 1.54) is 72.8 Å². The number of nitrogens with one attached hydrogen (secondary N) is 3. The smallest absolute Gasteiger partial charge is 0.335 e. The Balaban J connectivity index is 0.000000173. The summed E-state index contributed by atoms with van der Waals surface area (Å²) in [7, 11) is 0. The zero-order valence-corrected chi connectivity index (χ0v) is 32.5. The number of carboxylic acids is 1. The number of pyridine rings is 2. The number of benzene rings is 4. The Labute approximate surface area is 348 Å². The molecule has 2 heterocycles. The Bertz CT molecular complexity index is 2500. The van der Waals surface area contributed by atoms with Crippen molar-refractivity contribution in [2.45, 2.75) is 49.4 Å². The van der Waals surface area contributed by atoms with E-state index in [0.29, 0.717) is 35.9 Å². The van der Waals surface area contributed by atoms with Crippen molar-refractivity contribution in [1.29, 1.82) is 0 Å². The third-order valence-electron chi connectivity index (χ3n) is 10.5. The maximum absolute atomic E-state index is 13.3. The van der Waals surface area contributed by atoms with Gasteiger partial charge in [0.2, 0.25) is 11.8 Å². The zero-order valence-electron chi connectivity index (χ0n) is 32.5. The molecule has 2 aliphatic carbocycles. The second-order valence-electron chi connectivity index (χ2n) is 14.5. The first kappa shape index (κ1) is 43.2. The molecule has 0 radical (unpaired) electrons. The summed E-state index contributed by atoms with van der Waals surface area (Å²) in [6.07, 6.45) is 8.07. The summed E-state index contributed by atoms with van der Waals surface area (Å²) in [5.74, 6) is -2.80. The zero-order chi connectivity index (χ0) is 43.6. The molecule has 2 saturated carbocycles. The van der Waals surface area contributed by atoms with Gasteiger partial charge in [-0.05, 0) is 134 Å². The molecule has 312 valence electrons. The summed E-state index contributed by atoms with van der Waals surface area (Å²) < 4.78 is 51.6. The number of nitrogen functional groups attached to an aromatic ring is 1. The number of hydrogen-bond acceptors (Lipinski definition) is 7. The standard InChI is InChI=1S/C23H19F2N3O2.C16H16FN3O.C7H5FO2/c24-17-6-8-19(9-7-17)27-22(30)23(11-2-12-23)16-5-10-20(26-14-16)28-21(29)15-3-1-4-18(25)13-15;17-12-3-5-13(6-4-12)20-15(21)16(8-1-9-16)11-2-7-14(18)19-10-11;8-6-3-1-2-5(4-6)7(9)10/h1,3-10,13-14H,2,11-12H2,(H,27,30)(H,26,28,29);2-7,10H,1,8-9H2,(H2,18,19)(H,20,21);1-4H,(H,9,10). The molecule has 0 aliphatic heterocycles. The van der Waals surface area contributed by atoms with E-state index in [1.54, 1.807) is 42.7 Å². The Morgan fingerprint density at radius 2 is 1.00 bits per heavy atom. The van der Waals surface area contributed by atoms with Gasteiger partial charge in [0.1, 0.15) is 34.9 Å². The van der Waals surface area contributed by atoms with Crippen LogP contribution in [-0.4, -0.2) is 38.8 Å². The minimum atomic E-state index is -1.11. The van der Waals surface area contributed by atoms with Crippen LogP contribution >= 0.6 is 0 Å². The monoisotopic (exact) mass is 832 g/mol. The summed E-state index contributed by atoms with van der Waals surface area (Å²) in [5.41, 5.74) is 7.26. The van der Waals surface area contributed by atoms with E-state index >= 15 is 0 Å². The van der Waals surface area contributed by atoms with E-state index in [4.69, 9.17) is 10.8 Å². The van der Waals surface area contributed by atoms with Gasteiger partial charge < -0.3 is 26.8 Å². The number of aromatic carboxylic acids is 1. The maximum Gasteiger partial charge on any atom is 0.335 e. The molecule has 0 spiro atoms. The van der Waals surface area contributed by atoms with Gasteiger partial charge in [0, 0.05) is 29.3 Å². The summed E-state index contributed by atoms with van der Waals surface area (Å²) in [6.45, 7) is 0. The molecule has 8 rings (SSSR count). The van der Waals surface area contributed by atoms with Crippen molar-refractivity contribution < 1.29 is 41.8 Å². The fourth-order valence-electron chi connectivity index (χ4n) is 6.80. The maximum atomic E-state index is 13.3. The molecule has 2 aromatic heterocycles. The lowest BCUT2D eigenvalue weighted by Crippen LogP contribution is -2.46. The number of amides is 3. The van der Waals surface area contributed by atoms with Gasteiger partial charge in [0.05, 0.1) is 16.4 Å². The molecule has 0 unspecified atom stereocenters. The number of anilines is 4. The van der Waals surface area contributed by atoms with Crippen LogP contribution in [0.2, 0.25) is 0 Å². The highest BCUT2D eigenvalue weighted by atomic mass is 19.1. The number of hydrogen-bond donors (Lipinski definition) is 5. The fraction of sp³-hybridized carbons (Fsp3) is 0.174. The molecule has 11 nitrogen and oxygen atoms in total. The normalized spacial score (nSPS) is 14.2. The van der Waals surface area contributed by atoms with Crippen molar-refractivity contribution in [2.24, 2.45) is 0 Å². The van der Waals surface area contributed by atoms with Crippen LogP contribution in [0.25, 0.3) is 0 Å². The van der Waals surface area contributed by atoms with E-state index in [0.717, 1.165) is 48.9 Å². The quantitative estimate of drug-likeness (QED) is 0.0897. The van der Waals surface area contributed by atoms with Crippen LogP contribution in [0.1, 0.15) is 70.4 Å². The van der Waals surface area contributed by atoms with Crippen LogP contribution in [0.3, 0.4) is 0 Å². The minimum Gasteiger partial charge on any atom is -0.478 e. The molecule has 2 aliphatic rings. The largest absolute Gasteiger partial charge is 0.478 e. The number of carboxylic acid groups (broad SMARTS) is 1. The average Bonchev–Trinajstić information content (AvgIpc) is 3.21. The Kier molecular flexibility index (Phi) is 13.5. The molecular weight excluding hydrogens is 793 g/mol. The van der Waals surface area contributed by atoms with Crippen LogP contribution in [0.15, 0.2) is 134 Å². The molecule has 0 saturated heterocycles. The molecular formula is C46H40F4N6O5. The molecule has 3 amide bonds. The molecule has 0 bridgehead atoms. The summed E-state index contributed by atoms with van der Waals surface area (Å²) in [4.78, 5) is 56.3. The first-order chi connectivity index (χ1) is 29.3. The second kappa shape index (κ2) is 19.1. The lowest BCUT2D eigenvalue weighted by molar-refractivity contribution is -0.125. The highest BCUT2D eigenvalue weighted by Gasteiger charge is 2.47. The first-order valence-electron chi connectivity index (χ1n) is 19.1. The molecule has 2 fully saturated rings. The van der Waals surface area contributed by atoms with Crippen LogP contribution in [0.5, 0.6) is 0 Å². The first-order valence-corrected chi connectivity index (χ1v) is 19.1. The lowest BCUT2D eigenvalue weighted by Gasteiger charge is -2.40. The Morgan fingerprint density at radius 3 is 1.38 bits per heavy atom. The summed E-state index contributed by atoms with van der Waals surface area (Å²) >= 11 is 0. The van der Waals surface area contributed by atoms with Gasteiger partial charge in [0.15, 0.2) is 0 Å². The van der Waals surface area contributed by atoms with E-state index in [9.17, 15) is 36.7 Å². The van der Waals surface area contributed by atoms with E-state index in [-0.39, 0.29) is 34.6 Å². The molecule has 0 atom stereocenters. The van der Waals surface area contributed by atoms with Gasteiger partial charge in [-0.2, -0.15) is 0 Å². The number of aromatic nitrogens is 2. The number of carbonyl (C=O) groups excluding carboxylic acids is 3. The predicted molar refractivity (Wildman–Crippen MR) is 222 cm³/mol. The average molecular weight is 833 g/mol. The highest BCUT2D eigenvalue weighted by Crippen LogP contribution is 2.45. The van der Waals surface area contributed by atoms with Crippen molar-refractivity contribution in [1.82, 2.24) is 9.97 Å². The van der Waals surface area contributed by atoms with E-state index in [1.807, 2.05) is 6.07 Å². The topological polar surface area (TPSA) is 176 Å². The van der Waals surface area contributed by atoms with Gasteiger partial charge >= 0.3 is 5.97 Å². The van der Waals surface area contributed by atoms with Crippen molar-refractivity contribution >= 4 is 46.7 Å². The van der Waals surface area contributed by atoms with Crippen LogP contribution in [-0.2, 0) is 20.4 Å². The fourth-order valence-corrected chi connectivity index (χ4v) is 6.80. The van der Waals surface area contributed by atoms with E-state index < -0.39 is 34.3 Å². The molecule has 61 heavy (non-hydrogen) atoms.